The van der Waals surface area contributed by atoms with E-state index in [0.717, 1.165) is 18.5 Å². The van der Waals surface area contributed by atoms with Crippen LogP contribution in [0.5, 0.6) is 0 Å². The number of para-hydroxylation sites is 1. The van der Waals surface area contributed by atoms with Crippen LogP contribution >= 0.6 is 0 Å². The van der Waals surface area contributed by atoms with Crippen molar-refractivity contribution in [3.05, 3.63) is 36.7 Å². The minimum absolute atomic E-state index is 0.215. The highest BCUT2D eigenvalue weighted by Gasteiger charge is 2.22. The fourth-order valence-electron chi connectivity index (χ4n) is 2.43. The summed E-state index contributed by atoms with van der Waals surface area (Å²) in [4.78, 5) is 16.5. The lowest BCUT2D eigenvalue weighted by atomic mass is 10.1. The number of nitrogens with one attached hydrogen (secondary N) is 1. The smallest absolute Gasteiger partial charge is 0.407 e. The summed E-state index contributed by atoms with van der Waals surface area (Å²) in [7, 11) is 0. The lowest BCUT2D eigenvalue weighted by molar-refractivity contribution is 0.133. The minimum atomic E-state index is -0.847. The summed E-state index contributed by atoms with van der Waals surface area (Å²) < 4.78 is 1.72. The zero-order valence-electron chi connectivity index (χ0n) is 11.5. The fourth-order valence-corrected chi connectivity index (χ4v) is 2.43. The van der Waals surface area contributed by atoms with E-state index in [9.17, 15) is 4.79 Å². The maximum Gasteiger partial charge on any atom is 0.407 e. The van der Waals surface area contributed by atoms with Crippen molar-refractivity contribution in [3.8, 4) is 5.69 Å². The summed E-state index contributed by atoms with van der Waals surface area (Å²) in [6.45, 7) is 1.10. The number of likely N-dealkylation sites (tertiary alicyclic amines) is 1. The second kappa shape index (κ2) is 5.82. The molecular weight excluding hydrogens is 270 g/mol. The molecule has 1 saturated heterocycles. The molecule has 2 N–H and O–H groups in total. The number of nitrogens with zero attached hydrogens (tertiary/aromatic N) is 4. The highest BCUT2D eigenvalue weighted by molar-refractivity contribution is 5.65. The maximum absolute atomic E-state index is 10.9. The normalized spacial score (nSPS) is 15.9. The first-order chi connectivity index (χ1) is 10.2. The van der Waals surface area contributed by atoms with Crippen molar-refractivity contribution in [1.82, 2.24) is 19.7 Å². The van der Waals surface area contributed by atoms with E-state index in [1.807, 2.05) is 30.3 Å². The van der Waals surface area contributed by atoms with Crippen molar-refractivity contribution in [1.29, 1.82) is 0 Å². The molecule has 0 radical (unpaired) electrons. The maximum atomic E-state index is 10.9. The molecule has 0 bridgehead atoms. The SMILES string of the molecule is O=C(O)N1CCC(Nc2ncn(-c3ccccc3)n2)CC1. The van der Waals surface area contributed by atoms with Crippen molar-refractivity contribution in [2.75, 3.05) is 18.4 Å². The number of piperidine rings is 1. The van der Waals surface area contributed by atoms with Crippen LogP contribution in [0.15, 0.2) is 36.7 Å². The highest BCUT2D eigenvalue weighted by Crippen LogP contribution is 2.15. The second-order valence-corrected chi connectivity index (χ2v) is 5.04. The molecule has 1 fully saturated rings. The van der Waals surface area contributed by atoms with Crippen LogP contribution in [0.2, 0.25) is 0 Å². The van der Waals surface area contributed by atoms with E-state index in [-0.39, 0.29) is 6.04 Å². The van der Waals surface area contributed by atoms with Gasteiger partial charge in [-0.1, -0.05) is 18.2 Å². The van der Waals surface area contributed by atoms with Crippen LogP contribution in [0.3, 0.4) is 0 Å². The molecule has 1 aliphatic rings. The summed E-state index contributed by atoms with van der Waals surface area (Å²) in [6, 6.07) is 9.99. The molecule has 0 unspecified atom stereocenters. The Morgan fingerprint density at radius 2 is 1.95 bits per heavy atom. The number of carboxylic acid groups (broad SMARTS) is 1. The van der Waals surface area contributed by atoms with Gasteiger partial charge in [0.25, 0.3) is 0 Å². The monoisotopic (exact) mass is 287 g/mol. The third kappa shape index (κ3) is 3.13. The summed E-state index contributed by atoms with van der Waals surface area (Å²) >= 11 is 0. The zero-order valence-corrected chi connectivity index (χ0v) is 11.5. The molecule has 3 rings (SSSR count). The molecule has 7 nitrogen and oxygen atoms in total. The predicted molar refractivity (Wildman–Crippen MR) is 77.6 cm³/mol. The Kier molecular flexibility index (Phi) is 3.72. The van der Waals surface area contributed by atoms with E-state index < -0.39 is 6.09 Å². The molecule has 1 aromatic heterocycles. The van der Waals surface area contributed by atoms with Gasteiger partial charge in [0.15, 0.2) is 0 Å². The largest absolute Gasteiger partial charge is 0.465 e. The van der Waals surface area contributed by atoms with Crippen LogP contribution in [-0.4, -0.2) is 50.0 Å². The molecule has 2 aromatic rings. The van der Waals surface area contributed by atoms with Gasteiger partial charge in [0.1, 0.15) is 6.33 Å². The summed E-state index contributed by atoms with van der Waals surface area (Å²) in [5.41, 5.74) is 0.957. The highest BCUT2D eigenvalue weighted by atomic mass is 16.4. The quantitative estimate of drug-likeness (QED) is 0.899. The van der Waals surface area contributed by atoms with Gasteiger partial charge < -0.3 is 15.3 Å². The van der Waals surface area contributed by atoms with Crippen molar-refractivity contribution in [2.45, 2.75) is 18.9 Å². The molecule has 110 valence electrons. The number of amides is 1. The van der Waals surface area contributed by atoms with E-state index in [1.54, 1.807) is 11.0 Å². The van der Waals surface area contributed by atoms with Crippen LogP contribution in [-0.2, 0) is 0 Å². The molecule has 0 saturated carbocycles. The Morgan fingerprint density at radius 1 is 1.24 bits per heavy atom. The second-order valence-electron chi connectivity index (χ2n) is 5.04. The Bertz CT molecular complexity index is 605. The van der Waals surface area contributed by atoms with E-state index in [4.69, 9.17) is 5.11 Å². The summed E-state index contributed by atoms with van der Waals surface area (Å²) in [5.74, 6) is 0.577. The minimum Gasteiger partial charge on any atom is -0.465 e. The zero-order chi connectivity index (χ0) is 14.7. The van der Waals surface area contributed by atoms with Gasteiger partial charge in [0.05, 0.1) is 5.69 Å². The van der Waals surface area contributed by atoms with Gasteiger partial charge in [-0.2, -0.15) is 0 Å². The van der Waals surface area contributed by atoms with Gasteiger partial charge in [-0.25, -0.2) is 14.5 Å². The van der Waals surface area contributed by atoms with Crippen molar-refractivity contribution >= 4 is 12.0 Å². The van der Waals surface area contributed by atoms with E-state index in [1.165, 1.54) is 4.90 Å². The van der Waals surface area contributed by atoms with Gasteiger partial charge in [-0.15, -0.1) is 5.10 Å². The average Bonchev–Trinajstić information content (AvgIpc) is 2.97. The van der Waals surface area contributed by atoms with Crippen molar-refractivity contribution in [2.24, 2.45) is 0 Å². The van der Waals surface area contributed by atoms with Crippen LogP contribution in [0.4, 0.5) is 10.7 Å². The topological polar surface area (TPSA) is 83.3 Å². The Hall–Kier alpha value is -2.57. The number of aromatic nitrogens is 3. The lowest BCUT2D eigenvalue weighted by Gasteiger charge is -2.30. The van der Waals surface area contributed by atoms with Crippen LogP contribution in [0, 0.1) is 0 Å². The van der Waals surface area contributed by atoms with Gasteiger partial charge in [0.2, 0.25) is 5.95 Å². The molecule has 7 heteroatoms. The summed E-state index contributed by atoms with van der Waals surface area (Å²) in [6.07, 6.45) is 2.36. The number of hydrogen-bond acceptors (Lipinski definition) is 4. The lowest BCUT2D eigenvalue weighted by Crippen LogP contribution is -2.41. The van der Waals surface area contributed by atoms with Gasteiger partial charge in [-0.3, -0.25) is 0 Å². The molecule has 2 heterocycles. The first kappa shape index (κ1) is 13.4. The molecule has 1 amide bonds. The third-order valence-corrected chi connectivity index (χ3v) is 3.61. The number of rotatable bonds is 3. The van der Waals surface area contributed by atoms with Gasteiger partial charge >= 0.3 is 6.09 Å². The Morgan fingerprint density at radius 3 is 2.62 bits per heavy atom. The molecule has 1 aromatic carbocycles. The first-order valence-electron chi connectivity index (χ1n) is 6.94. The summed E-state index contributed by atoms with van der Waals surface area (Å²) in [5, 5.41) is 16.6. The van der Waals surface area contributed by atoms with Crippen LogP contribution in [0.25, 0.3) is 5.69 Å². The number of carbonyl (C=O) groups is 1. The Labute approximate surface area is 122 Å². The van der Waals surface area contributed by atoms with Crippen molar-refractivity contribution in [3.63, 3.8) is 0 Å². The fraction of sp³-hybridized carbons (Fsp3) is 0.357. The standard InChI is InChI=1S/C14H17N5O2/c20-14(21)18-8-6-11(7-9-18)16-13-15-10-19(17-13)12-4-2-1-3-5-12/h1-5,10-11H,6-9H2,(H,16,17)(H,20,21). The van der Waals surface area contributed by atoms with E-state index in [0.29, 0.717) is 19.0 Å². The van der Waals surface area contributed by atoms with Gasteiger partial charge in [0, 0.05) is 19.1 Å². The molecule has 0 aliphatic carbocycles. The predicted octanol–water partition coefficient (Wildman–Crippen LogP) is 1.82. The van der Waals surface area contributed by atoms with Crippen molar-refractivity contribution < 1.29 is 9.90 Å². The molecular formula is C14H17N5O2. The molecule has 21 heavy (non-hydrogen) atoms. The molecule has 0 atom stereocenters. The number of anilines is 1. The van der Waals surface area contributed by atoms with E-state index >= 15 is 0 Å². The third-order valence-electron chi connectivity index (χ3n) is 3.61. The van der Waals surface area contributed by atoms with Gasteiger partial charge in [-0.05, 0) is 25.0 Å². The molecule has 0 spiro atoms. The average molecular weight is 287 g/mol. The number of benzene rings is 1. The molecule has 1 aliphatic heterocycles. The van der Waals surface area contributed by atoms with E-state index in [2.05, 4.69) is 15.4 Å². The first-order valence-corrected chi connectivity index (χ1v) is 6.94. The van der Waals surface area contributed by atoms with Crippen LogP contribution in [0.1, 0.15) is 12.8 Å². The van der Waals surface area contributed by atoms with Crippen LogP contribution < -0.4 is 5.32 Å². The number of hydrogen-bond donors (Lipinski definition) is 2. The Balaban J connectivity index is 1.60.